The van der Waals surface area contributed by atoms with Crippen LogP contribution in [0.2, 0.25) is 0 Å². The quantitative estimate of drug-likeness (QED) is 0.462. The van der Waals surface area contributed by atoms with Crippen molar-refractivity contribution in [2.45, 2.75) is 19.3 Å². The highest BCUT2D eigenvalue weighted by Crippen LogP contribution is 2.39. The molecule has 14 heavy (non-hydrogen) atoms. The highest BCUT2D eigenvalue weighted by molar-refractivity contribution is 5.82. The van der Waals surface area contributed by atoms with Gasteiger partial charge in [0.05, 0.1) is 18.6 Å². The van der Waals surface area contributed by atoms with Crippen LogP contribution in [-0.2, 0) is 14.4 Å². The maximum Gasteiger partial charge on any atom is 0.251 e. The molecule has 0 radical (unpaired) electrons. The Morgan fingerprint density at radius 2 is 2.21 bits per heavy atom. The normalized spacial score (nSPS) is 18.7. The first-order valence-electron chi connectivity index (χ1n) is 4.86. The molecule has 0 unspecified atom stereocenters. The fourth-order valence-corrected chi connectivity index (χ4v) is 1.48. The van der Waals surface area contributed by atoms with E-state index in [1.54, 1.807) is 7.11 Å². The number of ether oxygens (including phenoxy) is 1. The number of hydroxylamine groups is 1. The lowest BCUT2D eigenvalue weighted by Crippen LogP contribution is -2.50. The van der Waals surface area contributed by atoms with E-state index in [1.807, 2.05) is 0 Å². The molecule has 3 N–H and O–H groups in total. The van der Waals surface area contributed by atoms with Crippen molar-refractivity contribution in [3.05, 3.63) is 0 Å². The van der Waals surface area contributed by atoms with Gasteiger partial charge in [-0.3, -0.25) is 9.63 Å². The minimum absolute atomic E-state index is 0.0950. The van der Waals surface area contributed by atoms with Gasteiger partial charge in [-0.25, -0.2) is 5.48 Å². The van der Waals surface area contributed by atoms with Gasteiger partial charge in [0.15, 0.2) is 0 Å². The number of nitrogens with two attached hydrogens (primary N) is 1. The smallest absolute Gasteiger partial charge is 0.251 e. The summed E-state index contributed by atoms with van der Waals surface area (Å²) in [5.74, 6) is -0.0950. The second kappa shape index (κ2) is 5.29. The summed E-state index contributed by atoms with van der Waals surface area (Å²) in [7, 11) is 1.58. The first-order chi connectivity index (χ1) is 6.75. The Bertz CT molecular complexity index is 187. The Hall–Kier alpha value is -0.650. The van der Waals surface area contributed by atoms with E-state index in [9.17, 15) is 4.79 Å². The van der Waals surface area contributed by atoms with Crippen LogP contribution in [-0.4, -0.2) is 32.8 Å². The largest absolute Gasteiger partial charge is 0.382 e. The molecule has 0 atom stereocenters. The van der Waals surface area contributed by atoms with Gasteiger partial charge in [-0.2, -0.15) is 0 Å². The predicted molar refractivity (Wildman–Crippen MR) is 51.3 cm³/mol. The number of carbonyl (C=O) groups excluding carboxylic acids is 1. The summed E-state index contributed by atoms with van der Waals surface area (Å²) in [5.41, 5.74) is 7.60. The maximum absolute atomic E-state index is 11.6. The number of carbonyl (C=O) groups is 1. The van der Waals surface area contributed by atoms with Crippen LogP contribution in [0, 0.1) is 5.41 Å². The van der Waals surface area contributed by atoms with E-state index in [4.69, 9.17) is 15.3 Å². The van der Waals surface area contributed by atoms with E-state index in [-0.39, 0.29) is 11.3 Å². The van der Waals surface area contributed by atoms with Crippen LogP contribution in [0.1, 0.15) is 19.3 Å². The molecular weight excluding hydrogens is 184 g/mol. The lowest BCUT2D eigenvalue weighted by atomic mass is 9.68. The minimum atomic E-state index is -0.368. The van der Waals surface area contributed by atoms with Gasteiger partial charge in [0.2, 0.25) is 0 Å². The monoisotopic (exact) mass is 202 g/mol. The Balaban J connectivity index is 2.20. The van der Waals surface area contributed by atoms with Crippen molar-refractivity contribution in [3.63, 3.8) is 0 Å². The molecule has 1 saturated carbocycles. The van der Waals surface area contributed by atoms with E-state index >= 15 is 0 Å². The van der Waals surface area contributed by atoms with Crippen LogP contribution >= 0.6 is 0 Å². The first-order valence-corrected chi connectivity index (χ1v) is 4.86. The predicted octanol–water partition coefficient (Wildman–Crippen LogP) is -0.190. The summed E-state index contributed by atoms with van der Waals surface area (Å²) in [6, 6.07) is 0. The molecule has 0 aromatic rings. The van der Waals surface area contributed by atoms with Gasteiger partial charge in [-0.1, -0.05) is 6.42 Å². The Morgan fingerprint density at radius 1 is 1.50 bits per heavy atom. The van der Waals surface area contributed by atoms with E-state index in [2.05, 4.69) is 5.48 Å². The molecule has 1 aliphatic carbocycles. The average molecular weight is 202 g/mol. The molecule has 5 heteroatoms. The van der Waals surface area contributed by atoms with Crippen LogP contribution in [0.3, 0.4) is 0 Å². The van der Waals surface area contributed by atoms with Gasteiger partial charge in [0, 0.05) is 13.7 Å². The molecular formula is C9H18N2O3. The van der Waals surface area contributed by atoms with Gasteiger partial charge in [0.25, 0.3) is 5.91 Å². The number of rotatable bonds is 6. The molecule has 0 aromatic carbocycles. The summed E-state index contributed by atoms with van der Waals surface area (Å²) < 4.78 is 4.77. The van der Waals surface area contributed by atoms with Gasteiger partial charge < -0.3 is 10.5 Å². The van der Waals surface area contributed by atoms with Crippen molar-refractivity contribution in [2.24, 2.45) is 11.1 Å². The third-order valence-corrected chi connectivity index (χ3v) is 2.74. The lowest BCUT2D eigenvalue weighted by Gasteiger charge is -2.38. The van der Waals surface area contributed by atoms with Crippen molar-refractivity contribution in [1.82, 2.24) is 5.48 Å². The Labute approximate surface area is 83.9 Å². The molecule has 1 aliphatic rings. The summed E-state index contributed by atoms with van der Waals surface area (Å²) in [6.07, 6.45) is 2.80. The summed E-state index contributed by atoms with van der Waals surface area (Å²) in [5, 5.41) is 0. The van der Waals surface area contributed by atoms with Gasteiger partial charge in [0.1, 0.15) is 0 Å². The zero-order valence-corrected chi connectivity index (χ0v) is 8.54. The van der Waals surface area contributed by atoms with Crippen LogP contribution in [0.15, 0.2) is 0 Å². The first kappa shape index (κ1) is 11.4. The molecule has 1 fully saturated rings. The van der Waals surface area contributed by atoms with Gasteiger partial charge in [-0.05, 0) is 12.8 Å². The van der Waals surface area contributed by atoms with Crippen molar-refractivity contribution >= 4 is 5.91 Å². The van der Waals surface area contributed by atoms with Gasteiger partial charge >= 0.3 is 0 Å². The molecule has 5 nitrogen and oxygen atoms in total. The third kappa shape index (κ3) is 2.43. The van der Waals surface area contributed by atoms with E-state index < -0.39 is 0 Å². The zero-order valence-electron chi connectivity index (χ0n) is 8.54. The number of hydrogen-bond donors (Lipinski definition) is 2. The van der Waals surface area contributed by atoms with Crippen LogP contribution < -0.4 is 11.2 Å². The Kier molecular flexibility index (Phi) is 4.31. The molecule has 0 spiro atoms. The summed E-state index contributed by atoms with van der Waals surface area (Å²) >= 11 is 0. The van der Waals surface area contributed by atoms with E-state index in [1.165, 1.54) is 0 Å². The number of methoxy groups -OCH3 is 1. The van der Waals surface area contributed by atoms with Crippen molar-refractivity contribution in [1.29, 1.82) is 0 Å². The van der Waals surface area contributed by atoms with Crippen LogP contribution in [0.5, 0.6) is 0 Å². The zero-order chi connectivity index (χ0) is 10.4. The molecule has 0 bridgehead atoms. The molecule has 0 saturated heterocycles. The molecule has 0 aliphatic heterocycles. The van der Waals surface area contributed by atoms with Gasteiger partial charge in [-0.15, -0.1) is 0 Å². The second-order valence-corrected chi connectivity index (χ2v) is 3.61. The SMILES string of the molecule is COCCONC(=O)C1(CN)CCC1. The third-order valence-electron chi connectivity index (χ3n) is 2.74. The fraction of sp³-hybridized carbons (Fsp3) is 0.889. The standard InChI is InChI=1S/C9H18N2O3/c1-13-5-6-14-11-8(12)9(7-10)3-2-4-9/h2-7,10H2,1H3,(H,11,12). The molecule has 0 heterocycles. The average Bonchev–Trinajstić information content (AvgIpc) is 2.12. The summed E-state index contributed by atoms with van der Waals surface area (Å²) in [6.45, 7) is 1.23. The Morgan fingerprint density at radius 3 is 2.64 bits per heavy atom. The number of amides is 1. The molecule has 0 aromatic heterocycles. The van der Waals surface area contributed by atoms with Crippen molar-refractivity contribution in [3.8, 4) is 0 Å². The second-order valence-electron chi connectivity index (χ2n) is 3.61. The maximum atomic E-state index is 11.6. The van der Waals surface area contributed by atoms with E-state index in [0.717, 1.165) is 19.3 Å². The lowest BCUT2D eigenvalue weighted by molar-refractivity contribution is -0.149. The molecule has 82 valence electrons. The highest BCUT2D eigenvalue weighted by Gasteiger charge is 2.42. The molecule has 1 rings (SSSR count). The topological polar surface area (TPSA) is 73.6 Å². The van der Waals surface area contributed by atoms with E-state index in [0.29, 0.717) is 19.8 Å². The van der Waals surface area contributed by atoms with Crippen LogP contribution in [0.4, 0.5) is 0 Å². The summed E-state index contributed by atoms with van der Waals surface area (Å²) in [4.78, 5) is 16.5. The van der Waals surface area contributed by atoms with Crippen molar-refractivity contribution in [2.75, 3.05) is 26.9 Å². The van der Waals surface area contributed by atoms with Crippen LogP contribution in [0.25, 0.3) is 0 Å². The minimum Gasteiger partial charge on any atom is -0.382 e. The highest BCUT2D eigenvalue weighted by atomic mass is 16.7. The fourth-order valence-electron chi connectivity index (χ4n) is 1.48. The molecule has 1 amide bonds. The number of hydrogen-bond acceptors (Lipinski definition) is 4. The number of nitrogens with one attached hydrogen (secondary N) is 1. The van der Waals surface area contributed by atoms with Crippen molar-refractivity contribution < 1.29 is 14.4 Å².